The molecule has 1 N–H and O–H groups in total. The number of fused-ring (bicyclic) bond motifs is 1. The molecule has 0 saturated carbocycles. The molecule has 0 radical (unpaired) electrons. The molecule has 0 atom stereocenters. The molecular formula is C17H19N3O2S. The average Bonchev–Trinajstić information content (AvgIpc) is 2.90. The van der Waals surface area contributed by atoms with Crippen molar-refractivity contribution in [3.8, 4) is 0 Å². The Kier molecular flexibility index (Phi) is 4.09. The zero-order chi connectivity index (χ0) is 16.4. The minimum atomic E-state index is -3.66. The van der Waals surface area contributed by atoms with Gasteiger partial charge in [-0.3, -0.25) is 4.72 Å². The normalized spacial score (nSPS) is 11.7. The Hall–Kier alpha value is -2.34. The molecule has 0 fully saturated rings. The van der Waals surface area contributed by atoms with Crippen molar-refractivity contribution in [3.05, 3.63) is 54.4 Å². The van der Waals surface area contributed by atoms with E-state index in [1.807, 2.05) is 30.5 Å². The molecule has 23 heavy (non-hydrogen) atoms. The maximum atomic E-state index is 12.8. The van der Waals surface area contributed by atoms with E-state index in [9.17, 15) is 8.42 Å². The van der Waals surface area contributed by atoms with Crippen LogP contribution in [0.4, 0.5) is 5.69 Å². The quantitative estimate of drug-likeness (QED) is 0.778. The number of sulfonamides is 1. The van der Waals surface area contributed by atoms with Crippen molar-refractivity contribution in [2.45, 2.75) is 31.7 Å². The third-order valence-electron chi connectivity index (χ3n) is 3.66. The van der Waals surface area contributed by atoms with Crippen LogP contribution in [-0.4, -0.2) is 18.0 Å². The minimum Gasteiger partial charge on any atom is -0.331 e. The lowest BCUT2D eigenvalue weighted by atomic mass is 10.2. The Morgan fingerprint density at radius 2 is 1.91 bits per heavy atom. The van der Waals surface area contributed by atoms with Crippen molar-refractivity contribution in [2.75, 3.05) is 4.72 Å². The summed E-state index contributed by atoms with van der Waals surface area (Å²) in [5, 5.41) is 0.639. The summed E-state index contributed by atoms with van der Waals surface area (Å²) in [5.41, 5.74) is 2.33. The van der Waals surface area contributed by atoms with Crippen LogP contribution in [0.5, 0.6) is 0 Å². The van der Waals surface area contributed by atoms with E-state index >= 15 is 0 Å². The van der Waals surface area contributed by atoms with E-state index in [0.29, 0.717) is 16.7 Å². The van der Waals surface area contributed by atoms with Gasteiger partial charge < -0.3 is 4.57 Å². The van der Waals surface area contributed by atoms with E-state index in [1.54, 1.807) is 36.7 Å². The lowest BCUT2D eigenvalue weighted by Crippen LogP contribution is -2.12. The second-order valence-electron chi connectivity index (χ2n) is 5.53. The van der Waals surface area contributed by atoms with Crippen molar-refractivity contribution in [3.63, 3.8) is 0 Å². The molecule has 2 aromatic heterocycles. The summed E-state index contributed by atoms with van der Waals surface area (Å²) in [6.07, 6.45) is 4.25. The van der Waals surface area contributed by atoms with Gasteiger partial charge in [0, 0.05) is 30.0 Å². The molecular weight excluding hydrogens is 310 g/mol. The molecule has 0 saturated heterocycles. The molecule has 5 nitrogen and oxygen atoms in total. The van der Waals surface area contributed by atoms with Crippen molar-refractivity contribution in [1.29, 1.82) is 0 Å². The summed E-state index contributed by atoms with van der Waals surface area (Å²) in [6.45, 7) is 4.74. The number of benzene rings is 1. The summed E-state index contributed by atoms with van der Waals surface area (Å²) in [7, 11) is -3.66. The predicted octanol–water partition coefficient (Wildman–Crippen LogP) is 3.56. The predicted molar refractivity (Wildman–Crippen MR) is 92.0 cm³/mol. The average molecular weight is 329 g/mol. The van der Waals surface area contributed by atoms with Crippen LogP contribution in [0.2, 0.25) is 0 Å². The second-order valence-corrected chi connectivity index (χ2v) is 7.18. The zero-order valence-electron chi connectivity index (χ0n) is 13.2. The Balaban J connectivity index is 2.06. The van der Waals surface area contributed by atoms with Gasteiger partial charge in [0.15, 0.2) is 0 Å². The minimum absolute atomic E-state index is 0.259. The van der Waals surface area contributed by atoms with Gasteiger partial charge in [-0.25, -0.2) is 13.4 Å². The van der Waals surface area contributed by atoms with Crippen molar-refractivity contribution < 1.29 is 8.42 Å². The highest BCUT2D eigenvalue weighted by Gasteiger charge is 2.21. The molecule has 0 aliphatic rings. The van der Waals surface area contributed by atoms with Gasteiger partial charge in [0.05, 0.1) is 0 Å². The van der Waals surface area contributed by atoms with E-state index in [0.717, 1.165) is 18.5 Å². The summed E-state index contributed by atoms with van der Waals surface area (Å²) < 4.78 is 30.1. The number of hydrogen-bond donors (Lipinski definition) is 1. The fourth-order valence-corrected chi connectivity index (χ4v) is 3.82. The Morgan fingerprint density at radius 3 is 2.61 bits per heavy atom. The van der Waals surface area contributed by atoms with Gasteiger partial charge in [0.25, 0.3) is 10.0 Å². The molecule has 0 bridgehead atoms. The molecule has 6 heteroatoms. The highest BCUT2D eigenvalue weighted by Crippen LogP contribution is 2.26. The molecule has 1 aromatic carbocycles. The number of hydrogen-bond acceptors (Lipinski definition) is 3. The van der Waals surface area contributed by atoms with Crippen LogP contribution < -0.4 is 4.72 Å². The first-order valence-corrected chi connectivity index (χ1v) is 9.03. The number of aromatic nitrogens is 2. The van der Waals surface area contributed by atoms with E-state index in [1.165, 1.54) is 0 Å². The lowest BCUT2D eigenvalue weighted by molar-refractivity contribution is 0.601. The Morgan fingerprint density at radius 1 is 1.17 bits per heavy atom. The number of anilines is 1. The third kappa shape index (κ3) is 3.07. The van der Waals surface area contributed by atoms with E-state index in [-0.39, 0.29) is 4.90 Å². The van der Waals surface area contributed by atoms with Gasteiger partial charge in [0.2, 0.25) is 0 Å². The lowest BCUT2D eigenvalue weighted by Gasteiger charge is -2.07. The largest absolute Gasteiger partial charge is 0.331 e. The highest BCUT2D eigenvalue weighted by atomic mass is 32.2. The zero-order valence-corrected chi connectivity index (χ0v) is 14.0. The van der Waals surface area contributed by atoms with Gasteiger partial charge in [-0.2, -0.15) is 0 Å². The number of nitrogens with one attached hydrogen (secondary N) is 1. The summed E-state index contributed by atoms with van der Waals surface area (Å²) in [6, 6.07) is 10.8. The van der Waals surface area contributed by atoms with Gasteiger partial charge in [-0.15, -0.1) is 0 Å². The molecule has 2 heterocycles. The van der Waals surface area contributed by atoms with Crippen molar-refractivity contribution >= 4 is 26.7 Å². The first-order chi connectivity index (χ1) is 11.0. The monoisotopic (exact) mass is 329 g/mol. The fourth-order valence-electron chi connectivity index (χ4n) is 2.55. The van der Waals surface area contributed by atoms with Crippen LogP contribution in [0, 0.1) is 6.92 Å². The van der Waals surface area contributed by atoms with Crippen molar-refractivity contribution in [2.24, 2.45) is 0 Å². The van der Waals surface area contributed by atoms with Gasteiger partial charge in [0.1, 0.15) is 10.5 Å². The van der Waals surface area contributed by atoms with E-state index in [2.05, 4.69) is 9.71 Å². The third-order valence-corrected chi connectivity index (χ3v) is 5.06. The number of pyridine rings is 1. The van der Waals surface area contributed by atoms with E-state index < -0.39 is 10.0 Å². The van der Waals surface area contributed by atoms with E-state index in [4.69, 9.17) is 0 Å². The number of aryl methyl sites for hydroxylation is 2. The van der Waals surface area contributed by atoms with Crippen LogP contribution in [0.1, 0.15) is 18.9 Å². The number of rotatable bonds is 5. The summed E-state index contributed by atoms with van der Waals surface area (Å²) in [5.74, 6) is 0. The van der Waals surface area contributed by atoms with Crippen LogP contribution in [0.3, 0.4) is 0 Å². The van der Waals surface area contributed by atoms with Crippen LogP contribution in [0.15, 0.2) is 53.7 Å². The summed E-state index contributed by atoms with van der Waals surface area (Å²) in [4.78, 5) is 4.58. The topological polar surface area (TPSA) is 64.0 Å². The molecule has 0 amide bonds. The number of nitrogens with zero attached hydrogens (tertiary/aromatic N) is 2. The van der Waals surface area contributed by atoms with Gasteiger partial charge in [-0.05, 0) is 37.6 Å². The highest BCUT2D eigenvalue weighted by molar-refractivity contribution is 7.93. The van der Waals surface area contributed by atoms with Crippen LogP contribution in [0.25, 0.3) is 11.0 Å². The fraction of sp³-hybridized carbons (Fsp3) is 0.235. The first kappa shape index (κ1) is 15.6. The maximum absolute atomic E-state index is 12.8. The Labute approximate surface area is 136 Å². The summed E-state index contributed by atoms with van der Waals surface area (Å²) >= 11 is 0. The Bertz CT molecular complexity index is 928. The van der Waals surface area contributed by atoms with Gasteiger partial charge in [-0.1, -0.05) is 24.6 Å². The van der Waals surface area contributed by atoms with Crippen LogP contribution >= 0.6 is 0 Å². The molecule has 3 rings (SSSR count). The van der Waals surface area contributed by atoms with Crippen molar-refractivity contribution in [1.82, 2.24) is 9.55 Å². The smallest absolute Gasteiger partial charge is 0.264 e. The molecule has 0 unspecified atom stereocenters. The van der Waals surface area contributed by atoms with Crippen LogP contribution in [-0.2, 0) is 16.6 Å². The van der Waals surface area contributed by atoms with Gasteiger partial charge >= 0.3 is 0 Å². The maximum Gasteiger partial charge on any atom is 0.264 e. The molecule has 0 aliphatic heterocycles. The molecule has 0 aliphatic carbocycles. The molecule has 0 spiro atoms. The SMILES string of the molecule is CCCn1cc(S(=O)(=O)Nc2ccc(C)cc2)c2cccnc21. The standard InChI is InChI=1S/C17H19N3O2S/c1-3-11-20-12-16(15-5-4-10-18-17(15)20)23(21,22)19-14-8-6-13(2)7-9-14/h4-10,12,19H,3,11H2,1-2H3. The molecule has 120 valence electrons. The molecule has 3 aromatic rings. The second kappa shape index (κ2) is 6.04. The first-order valence-electron chi connectivity index (χ1n) is 7.54.